The van der Waals surface area contributed by atoms with Gasteiger partial charge in [0.25, 0.3) is 0 Å². The average molecular weight is 259 g/mol. The van der Waals surface area contributed by atoms with Crippen molar-refractivity contribution >= 4 is 0 Å². The Balaban J connectivity index is 2.38. The first-order valence-electron chi connectivity index (χ1n) is 6.19. The minimum atomic E-state index is -0.467. The monoisotopic (exact) mass is 259 g/mol. The van der Waals surface area contributed by atoms with Gasteiger partial charge in [0.15, 0.2) is 0 Å². The van der Waals surface area contributed by atoms with Crippen LogP contribution in [0.25, 0.3) is 0 Å². The van der Waals surface area contributed by atoms with Gasteiger partial charge in [0.05, 0.1) is 13.2 Å². The van der Waals surface area contributed by atoms with Crippen LogP contribution in [0.15, 0.2) is 36.4 Å². The zero-order valence-corrected chi connectivity index (χ0v) is 11.4. The zero-order chi connectivity index (χ0) is 14.0. The van der Waals surface area contributed by atoms with Gasteiger partial charge >= 0.3 is 0 Å². The summed E-state index contributed by atoms with van der Waals surface area (Å²) in [5.74, 6) is 0.151. The number of halogens is 1. The first-order valence-corrected chi connectivity index (χ1v) is 6.19. The van der Waals surface area contributed by atoms with E-state index in [0.29, 0.717) is 11.3 Å². The fraction of sp³-hybridized carbons (Fsp3) is 0.250. The van der Waals surface area contributed by atoms with Crippen molar-refractivity contribution in [1.82, 2.24) is 0 Å². The van der Waals surface area contributed by atoms with Gasteiger partial charge in [-0.25, -0.2) is 4.39 Å². The maximum absolute atomic E-state index is 14.0. The molecule has 100 valence electrons. The van der Waals surface area contributed by atoms with Crippen molar-refractivity contribution in [3.8, 4) is 5.75 Å². The van der Waals surface area contributed by atoms with Crippen molar-refractivity contribution in [2.24, 2.45) is 5.73 Å². The number of hydrogen-bond donors (Lipinski definition) is 1. The summed E-state index contributed by atoms with van der Waals surface area (Å²) in [6, 6.07) is 10.2. The minimum absolute atomic E-state index is 0.343. The molecule has 0 saturated heterocycles. The van der Waals surface area contributed by atoms with Crippen LogP contribution in [0.1, 0.15) is 28.3 Å². The summed E-state index contributed by atoms with van der Waals surface area (Å²) in [4.78, 5) is 0. The second-order valence-electron chi connectivity index (χ2n) is 4.71. The highest BCUT2D eigenvalue weighted by Gasteiger charge is 2.14. The standard InChI is InChI=1S/C16H18FNO/c1-10-4-5-12(8-11(10)2)16(18)14-7-6-13(19-3)9-15(14)17/h4-9,16H,18H2,1-3H3. The SMILES string of the molecule is COc1ccc(C(N)c2ccc(C)c(C)c2)c(F)c1. The fourth-order valence-electron chi connectivity index (χ4n) is 2.02. The van der Waals surface area contributed by atoms with Crippen molar-refractivity contribution in [3.63, 3.8) is 0 Å². The van der Waals surface area contributed by atoms with E-state index in [1.165, 1.54) is 18.7 Å². The summed E-state index contributed by atoms with van der Waals surface area (Å²) in [7, 11) is 1.51. The fourth-order valence-corrected chi connectivity index (χ4v) is 2.02. The number of hydrogen-bond acceptors (Lipinski definition) is 2. The summed E-state index contributed by atoms with van der Waals surface area (Å²) >= 11 is 0. The lowest BCUT2D eigenvalue weighted by Gasteiger charge is -2.15. The second-order valence-corrected chi connectivity index (χ2v) is 4.71. The molecule has 1 unspecified atom stereocenters. The van der Waals surface area contributed by atoms with Crippen LogP contribution in [-0.4, -0.2) is 7.11 Å². The molecule has 2 aromatic carbocycles. The third-order valence-corrected chi connectivity index (χ3v) is 3.43. The Morgan fingerprint density at radius 1 is 1.05 bits per heavy atom. The maximum Gasteiger partial charge on any atom is 0.132 e. The molecule has 0 aromatic heterocycles. The second kappa shape index (κ2) is 5.41. The van der Waals surface area contributed by atoms with E-state index in [1.54, 1.807) is 12.1 Å². The molecule has 0 aliphatic carbocycles. The topological polar surface area (TPSA) is 35.2 Å². The molecule has 2 nitrogen and oxygen atoms in total. The van der Waals surface area contributed by atoms with Gasteiger partial charge in [0.2, 0.25) is 0 Å². The number of benzene rings is 2. The number of ether oxygens (including phenoxy) is 1. The van der Waals surface area contributed by atoms with Crippen LogP contribution >= 0.6 is 0 Å². The molecule has 0 amide bonds. The van der Waals surface area contributed by atoms with E-state index in [-0.39, 0.29) is 5.82 Å². The minimum Gasteiger partial charge on any atom is -0.497 e. The molecule has 3 heteroatoms. The Morgan fingerprint density at radius 2 is 1.79 bits per heavy atom. The Bertz CT molecular complexity index is 595. The van der Waals surface area contributed by atoms with Gasteiger partial charge in [-0.15, -0.1) is 0 Å². The summed E-state index contributed by atoms with van der Waals surface area (Å²) in [5, 5.41) is 0. The Morgan fingerprint density at radius 3 is 2.37 bits per heavy atom. The molecule has 0 radical (unpaired) electrons. The lowest BCUT2D eigenvalue weighted by atomic mass is 9.96. The largest absolute Gasteiger partial charge is 0.497 e. The predicted octanol–water partition coefficient (Wildman–Crippen LogP) is 3.50. The molecule has 2 aromatic rings. The Hall–Kier alpha value is -1.87. The molecular weight excluding hydrogens is 241 g/mol. The highest BCUT2D eigenvalue weighted by Crippen LogP contribution is 2.26. The van der Waals surface area contributed by atoms with E-state index >= 15 is 0 Å². The van der Waals surface area contributed by atoms with Gasteiger partial charge in [0.1, 0.15) is 11.6 Å². The lowest BCUT2D eigenvalue weighted by Crippen LogP contribution is -2.14. The molecule has 0 spiro atoms. The van der Waals surface area contributed by atoms with Crippen LogP contribution in [0.2, 0.25) is 0 Å². The van der Waals surface area contributed by atoms with E-state index in [1.807, 2.05) is 32.0 Å². The summed E-state index contributed by atoms with van der Waals surface area (Å²) in [5.41, 5.74) is 9.89. The number of nitrogens with two attached hydrogens (primary N) is 1. The quantitative estimate of drug-likeness (QED) is 0.915. The predicted molar refractivity (Wildman–Crippen MR) is 74.9 cm³/mol. The molecule has 2 rings (SSSR count). The zero-order valence-electron chi connectivity index (χ0n) is 11.4. The Labute approximate surface area is 113 Å². The third-order valence-electron chi connectivity index (χ3n) is 3.43. The molecule has 0 heterocycles. The maximum atomic E-state index is 14.0. The smallest absolute Gasteiger partial charge is 0.132 e. The normalized spacial score (nSPS) is 12.3. The molecule has 19 heavy (non-hydrogen) atoms. The number of rotatable bonds is 3. The van der Waals surface area contributed by atoms with E-state index in [4.69, 9.17) is 10.5 Å². The van der Waals surface area contributed by atoms with Crippen molar-refractivity contribution < 1.29 is 9.13 Å². The van der Waals surface area contributed by atoms with E-state index < -0.39 is 6.04 Å². The third kappa shape index (κ3) is 2.76. The first-order chi connectivity index (χ1) is 9.02. The molecular formula is C16H18FNO. The summed E-state index contributed by atoms with van der Waals surface area (Å²) < 4.78 is 19.0. The number of aryl methyl sites for hydroxylation is 2. The highest BCUT2D eigenvalue weighted by molar-refractivity contribution is 5.39. The first kappa shape index (κ1) is 13.6. The molecule has 1 atom stereocenters. The lowest BCUT2D eigenvalue weighted by molar-refractivity contribution is 0.410. The van der Waals surface area contributed by atoms with Gasteiger partial charge in [-0.3, -0.25) is 0 Å². The van der Waals surface area contributed by atoms with Gasteiger partial charge in [-0.2, -0.15) is 0 Å². The van der Waals surface area contributed by atoms with Crippen molar-refractivity contribution in [3.05, 3.63) is 64.5 Å². The molecule has 0 fully saturated rings. The van der Waals surface area contributed by atoms with Gasteiger partial charge in [0, 0.05) is 11.6 Å². The molecule has 0 bridgehead atoms. The van der Waals surface area contributed by atoms with Crippen LogP contribution in [-0.2, 0) is 0 Å². The van der Waals surface area contributed by atoms with Crippen LogP contribution in [0.4, 0.5) is 4.39 Å². The van der Waals surface area contributed by atoms with Crippen LogP contribution < -0.4 is 10.5 Å². The van der Waals surface area contributed by atoms with Gasteiger partial charge in [-0.05, 0) is 36.6 Å². The van der Waals surface area contributed by atoms with E-state index in [2.05, 4.69) is 0 Å². The average Bonchev–Trinajstić information content (AvgIpc) is 2.41. The van der Waals surface area contributed by atoms with Crippen molar-refractivity contribution in [1.29, 1.82) is 0 Å². The molecule has 0 aliphatic rings. The van der Waals surface area contributed by atoms with E-state index in [0.717, 1.165) is 11.1 Å². The van der Waals surface area contributed by atoms with Crippen LogP contribution in [0.3, 0.4) is 0 Å². The van der Waals surface area contributed by atoms with Crippen molar-refractivity contribution in [2.45, 2.75) is 19.9 Å². The van der Waals surface area contributed by atoms with E-state index in [9.17, 15) is 4.39 Å². The van der Waals surface area contributed by atoms with Crippen molar-refractivity contribution in [2.75, 3.05) is 7.11 Å². The van der Waals surface area contributed by atoms with Crippen LogP contribution in [0.5, 0.6) is 5.75 Å². The van der Waals surface area contributed by atoms with Gasteiger partial charge < -0.3 is 10.5 Å². The summed E-state index contributed by atoms with van der Waals surface area (Å²) in [6.07, 6.45) is 0. The molecule has 0 saturated carbocycles. The van der Waals surface area contributed by atoms with Crippen LogP contribution in [0, 0.1) is 19.7 Å². The molecule has 2 N–H and O–H groups in total. The molecule has 0 aliphatic heterocycles. The number of methoxy groups -OCH3 is 1. The van der Waals surface area contributed by atoms with Gasteiger partial charge in [-0.1, -0.05) is 24.3 Å². The summed E-state index contributed by atoms with van der Waals surface area (Å²) in [6.45, 7) is 4.06. The Kier molecular flexibility index (Phi) is 3.86. The highest BCUT2D eigenvalue weighted by atomic mass is 19.1.